The van der Waals surface area contributed by atoms with E-state index in [4.69, 9.17) is 11.5 Å². The second-order valence-electron chi connectivity index (χ2n) is 13.3. The van der Waals surface area contributed by atoms with Crippen molar-refractivity contribution < 1.29 is 9.59 Å². The number of hydrogen-bond donors (Lipinski definition) is 2. The average molecular weight is 567 g/mol. The Labute approximate surface area is 252 Å². The molecule has 0 atom stereocenters. The van der Waals surface area contributed by atoms with Crippen LogP contribution in [-0.2, 0) is 9.59 Å². The first-order valence-corrected chi connectivity index (χ1v) is 17.8. The topological polar surface area (TPSA) is 86.2 Å². The van der Waals surface area contributed by atoms with Crippen LogP contribution < -0.4 is 11.5 Å². The summed E-state index contributed by atoms with van der Waals surface area (Å²) in [5.74, 6) is 1.44. The lowest BCUT2D eigenvalue weighted by molar-refractivity contribution is -0.119. The third-order valence-corrected chi connectivity index (χ3v) is 7.91. The molecular formula is C36H74N2O2. The maximum absolute atomic E-state index is 10.6. The molecule has 4 heteroatoms. The Morgan fingerprint density at radius 1 is 0.350 bits per heavy atom. The first-order chi connectivity index (χ1) is 19.3. The lowest BCUT2D eigenvalue weighted by Gasteiger charge is -2.04. The summed E-state index contributed by atoms with van der Waals surface area (Å²) in [5, 5.41) is 0. The Hall–Kier alpha value is -1.06. The van der Waals surface area contributed by atoms with E-state index in [9.17, 15) is 9.59 Å². The van der Waals surface area contributed by atoms with E-state index >= 15 is 0 Å². The zero-order valence-corrected chi connectivity index (χ0v) is 27.9. The number of carbonyl (C=O) groups excluding carboxylic acids is 2. The van der Waals surface area contributed by atoms with Crippen LogP contribution in [0.4, 0.5) is 0 Å². The number of primary amides is 2. The Kier molecular flexibility index (Phi) is 35.1. The van der Waals surface area contributed by atoms with Gasteiger partial charge in [0.25, 0.3) is 0 Å². The summed E-state index contributed by atoms with van der Waals surface area (Å²) >= 11 is 0. The molecule has 0 aromatic carbocycles. The Morgan fingerprint density at radius 3 is 0.700 bits per heavy atom. The highest BCUT2D eigenvalue weighted by Gasteiger charge is 1.98. The Bertz CT molecular complexity index is 473. The van der Waals surface area contributed by atoms with Crippen molar-refractivity contribution in [2.24, 2.45) is 23.3 Å². The van der Waals surface area contributed by atoms with E-state index in [1.54, 1.807) is 0 Å². The van der Waals surface area contributed by atoms with Crippen LogP contribution in [0.5, 0.6) is 0 Å². The van der Waals surface area contributed by atoms with Crippen molar-refractivity contribution in [1.29, 1.82) is 0 Å². The molecule has 4 N–H and O–H groups in total. The fourth-order valence-corrected chi connectivity index (χ4v) is 5.24. The molecule has 0 saturated carbocycles. The molecule has 0 bridgehead atoms. The molecule has 0 aliphatic carbocycles. The summed E-state index contributed by atoms with van der Waals surface area (Å²) in [6.07, 6.45) is 36.0. The van der Waals surface area contributed by atoms with Crippen LogP contribution in [-0.4, -0.2) is 11.8 Å². The molecule has 0 aliphatic rings. The van der Waals surface area contributed by atoms with Gasteiger partial charge in [-0.2, -0.15) is 0 Å². The highest BCUT2D eigenvalue weighted by molar-refractivity contribution is 5.73. The number of rotatable bonds is 30. The van der Waals surface area contributed by atoms with Gasteiger partial charge >= 0.3 is 0 Å². The number of carbonyl (C=O) groups is 2. The van der Waals surface area contributed by atoms with E-state index in [0.29, 0.717) is 12.8 Å². The van der Waals surface area contributed by atoms with Crippen LogP contribution in [0, 0.1) is 11.8 Å². The number of nitrogens with two attached hydrogens (primary N) is 2. The first-order valence-electron chi connectivity index (χ1n) is 17.8. The van der Waals surface area contributed by atoms with Crippen LogP contribution >= 0.6 is 0 Å². The molecule has 0 aromatic rings. The predicted octanol–water partition coefficient (Wildman–Crippen LogP) is 11.2. The second kappa shape index (κ2) is 34.1. The van der Waals surface area contributed by atoms with E-state index < -0.39 is 0 Å². The molecule has 2 amide bonds. The zero-order valence-electron chi connectivity index (χ0n) is 27.9. The maximum Gasteiger partial charge on any atom is 0.217 e. The van der Waals surface area contributed by atoms with Crippen molar-refractivity contribution in [2.45, 2.75) is 207 Å². The number of hydrogen-bond acceptors (Lipinski definition) is 2. The lowest BCUT2D eigenvalue weighted by Crippen LogP contribution is -2.09. The molecule has 240 valence electrons. The fourth-order valence-electron chi connectivity index (χ4n) is 5.24. The summed E-state index contributed by atoms with van der Waals surface area (Å²) in [5.41, 5.74) is 10.2. The molecule has 0 saturated heterocycles. The molecule has 0 aromatic heterocycles. The standard InChI is InChI=1S/2C18H37NO/c2*1-17(2)15-13-11-9-7-5-3-4-6-8-10-12-14-16-18(19)20/h2*17H,3-16H2,1-2H3,(H2,19,20). The van der Waals surface area contributed by atoms with Crippen LogP contribution in [0.15, 0.2) is 0 Å². The second-order valence-corrected chi connectivity index (χ2v) is 13.3. The maximum atomic E-state index is 10.6. The van der Waals surface area contributed by atoms with Gasteiger partial charge in [-0.25, -0.2) is 0 Å². The minimum absolute atomic E-state index is 0.154. The molecule has 4 nitrogen and oxygen atoms in total. The minimum Gasteiger partial charge on any atom is -0.370 e. The van der Waals surface area contributed by atoms with Crippen molar-refractivity contribution in [3.8, 4) is 0 Å². The third-order valence-electron chi connectivity index (χ3n) is 7.91. The van der Waals surface area contributed by atoms with Crippen molar-refractivity contribution in [2.75, 3.05) is 0 Å². The van der Waals surface area contributed by atoms with Crippen molar-refractivity contribution in [3.05, 3.63) is 0 Å². The fraction of sp³-hybridized carbons (Fsp3) is 0.944. The van der Waals surface area contributed by atoms with Gasteiger partial charge in [-0.3, -0.25) is 9.59 Å². The quantitative estimate of drug-likeness (QED) is 0.0847. The van der Waals surface area contributed by atoms with Crippen LogP contribution in [0.3, 0.4) is 0 Å². The largest absolute Gasteiger partial charge is 0.370 e. The molecule has 0 rings (SSSR count). The van der Waals surface area contributed by atoms with Gasteiger partial charge in [0.05, 0.1) is 0 Å². The monoisotopic (exact) mass is 567 g/mol. The summed E-state index contributed by atoms with van der Waals surface area (Å²) in [4.78, 5) is 21.1. The summed E-state index contributed by atoms with van der Waals surface area (Å²) in [6.45, 7) is 9.25. The Balaban J connectivity index is 0. The van der Waals surface area contributed by atoms with E-state index in [0.717, 1.165) is 24.7 Å². The zero-order chi connectivity index (χ0) is 30.1. The normalized spacial score (nSPS) is 11.2. The molecule has 40 heavy (non-hydrogen) atoms. The van der Waals surface area contributed by atoms with Gasteiger partial charge < -0.3 is 11.5 Å². The smallest absolute Gasteiger partial charge is 0.217 e. The van der Waals surface area contributed by atoms with Gasteiger partial charge in [0, 0.05) is 12.8 Å². The van der Waals surface area contributed by atoms with Gasteiger partial charge in [0.15, 0.2) is 0 Å². The van der Waals surface area contributed by atoms with Gasteiger partial charge in [0.2, 0.25) is 11.8 Å². The van der Waals surface area contributed by atoms with Gasteiger partial charge in [-0.15, -0.1) is 0 Å². The highest BCUT2D eigenvalue weighted by Crippen LogP contribution is 2.15. The van der Waals surface area contributed by atoms with Gasteiger partial charge in [-0.1, -0.05) is 182 Å². The Morgan fingerprint density at radius 2 is 0.525 bits per heavy atom. The van der Waals surface area contributed by atoms with Crippen LogP contribution in [0.1, 0.15) is 207 Å². The van der Waals surface area contributed by atoms with E-state index in [2.05, 4.69) is 27.7 Å². The van der Waals surface area contributed by atoms with E-state index in [1.165, 1.54) is 154 Å². The summed E-state index contributed by atoms with van der Waals surface area (Å²) in [6, 6.07) is 0. The van der Waals surface area contributed by atoms with E-state index in [1.807, 2.05) is 0 Å². The third kappa shape index (κ3) is 44.0. The number of unbranched alkanes of at least 4 members (excludes halogenated alkanes) is 22. The van der Waals surface area contributed by atoms with Crippen LogP contribution in [0.25, 0.3) is 0 Å². The molecule has 0 spiro atoms. The van der Waals surface area contributed by atoms with Crippen molar-refractivity contribution in [1.82, 2.24) is 0 Å². The molecule has 0 unspecified atom stereocenters. The highest BCUT2D eigenvalue weighted by atomic mass is 16.1. The molecule has 0 radical (unpaired) electrons. The lowest BCUT2D eigenvalue weighted by atomic mass is 10.0. The predicted molar refractivity (Wildman–Crippen MR) is 177 cm³/mol. The van der Waals surface area contributed by atoms with Gasteiger partial charge in [-0.05, 0) is 24.7 Å². The number of amides is 2. The molecule has 0 fully saturated rings. The van der Waals surface area contributed by atoms with E-state index in [-0.39, 0.29) is 11.8 Å². The average Bonchev–Trinajstić information content (AvgIpc) is 2.88. The summed E-state index contributed by atoms with van der Waals surface area (Å²) < 4.78 is 0. The molecule has 0 heterocycles. The summed E-state index contributed by atoms with van der Waals surface area (Å²) in [7, 11) is 0. The van der Waals surface area contributed by atoms with Crippen molar-refractivity contribution >= 4 is 11.8 Å². The molecular weight excluding hydrogens is 492 g/mol. The minimum atomic E-state index is -0.154. The molecule has 0 aliphatic heterocycles. The van der Waals surface area contributed by atoms with Gasteiger partial charge in [0.1, 0.15) is 0 Å². The SMILES string of the molecule is CC(C)CCCCCCCCCCCCCCC(N)=O.CC(C)CCCCCCCCCCCCCCC(N)=O. The van der Waals surface area contributed by atoms with Crippen LogP contribution in [0.2, 0.25) is 0 Å². The van der Waals surface area contributed by atoms with Crippen molar-refractivity contribution in [3.63, 3.8) is 0 Å². The first kappa shape index (κ1) is 41.1.